The molecule has 0 heterocycles. The number of hydrogen-bond acceptors (Lipinski definition) is 6. The van der Waals surface area contributed by atoms with Crippen molar-refractivity contribution in [2.24, 2.45) is 0 Å². The molecule has 0 fully saturated rings. The van der Waals surface area contributed by atoms with Crippen LogP contribution < -0.4 is 4.74 Å². The Morgan fingerprint density at radius 3 is 2.44 bits per heavy atom. The Kier molecular flexibility index (Phi) is 4.22. The van der Waals surface area contributed by atoms with E-state index >= 15 is 0 Å². The highest BCUT2D eigenvalue weighted by Gasteiger charge is 2.26. The summed E-state index contributed by atoms with van der Waals surface area (Å²) >= 11 is 0. The fourth-order valence-electron chi connectivity index (χ4n) is 1.53. The first-order chi connectivity index (χ1) is 8.42. The van der Waals surface area contributed by atoms with Crippen molar-refractivity contribution in [3.63, 3.8) is 0 Å². The Labute approximate surface area is 103 Å². The van der Waals surface area contributed by atoms with Gasteiger partial charge in [0.15, 0.2) is 5.75 Å². The van der Waals surface area contributed by atoms with Gasteiger partial charge >= 0.3 is 11.7 Å². The number of methoxy groups -OCH3 is 2. The highest BCUT2D eigenvalue weighted by atomic mass is 16.6. The van der Waals surface area contributed by atoms with Gasteiger partial charge in [0.25, 0.3) is 0 Å². The van der Waals surface area contributed by atoms with Crippen LogP contribution in [0.3, 0.4) is 0 Å². The summed E-state index contributed by atoms with van der Waals surface area (Å²) in [7, 11) is 2.44. The number of nitro benzene ring substituents is 1. The number of aliphatic hydroxyl groups is 1. The molecule has 1 rings (SSSR count). The smallest absolute Gasteiger partial charge is 0.338 e. The van der Waals surface area contributed by atoms with E-state index in [0.717, 1.165) is 0 Å². The Morgan fingerprint density at radius 1 is 1.44 bits per heavy atom. The van der Waals surface area contributed by atoms with Gasteiger partial charge in [-0.1, -0.05) is 0 Å². The van der Waals surface area contributed by atoms with E-state index in [1.165, 1.54) is 33.3 Å². The second kappa shape index (κ2) is 5.46. The van der Waals surface area contributed by atoms with Gasteiger partial charge in [-0.3, -0.25) is 10.1 Å². The zero-order valence-electron chi connectivity index (χ0n) is 10.2. The van der Waals surface area contributed by atoms with Crippen molar-refractivity contribution in [3.05, 3.63) is 33.4 Å². The summed E-state index contributed by atoms with van der Waals surface area (Å²) in [5.74, 6) is -0.760. The fraction of sp³-hybridized carbons (Fsp3) is 0.364. The van der Waals surface area contributed by atoms with Crippen LogP contribution in [0.1, 0.15) is 28.9 Å². The Balaban J connectivity index is 3.53. The molecule has 0 aliphatic heterocycles. The lowest BCUT2D eigenvalue weighted by atomic mass is 10.0. The van der Waals surface area contributed by atoms with E-state index in [2.05, 4.69) is 4.74 Å². The minimum Gasteiger partial charge on any atom is -0.490 e. The summed E-state index contributed by atoms with van der Waals surface area (Å²) in [5, 5.41) is 20.5. The third kappa shape index (κ3) is 2.57. The highest BCUT2D eigenvalue weighted by Crippen LogP contribution is 2.35. The lowest BCUT2D eigenvalue weighted by molar-refractivity contribution is -0.387. The number of rotatable bonds is 4. The van der Waals surface area contributed by atoms with Crippen molar-refractivity contribution < 1.29 is 24.3 Å². The molecule has 1 atom stereocenters. The van der Waals surface area contributed by atoms with Gasteiger partial charge < -0.3 is 14.6 Å². The minimum absolute atomic E-state index is 0.000231. The number of ether oxygens (including phenoxy) is 2. The van der Waals surface area contributed by atoms with E-state index in [1.54, 1.807) is 0 Å². The zero-order chi connectivity index (χ0) is 13.9. The molecule has 0 spiro atoms. The number of benzene rings is 1. The Morgan fingerprint density at radius 2 is 2.06 bits per heavy atom. The van der Waals surface area contributed by atoms with Gasteiger partial charge in [0.2, 0.25) is 0 Å². The van der Waals surface area contributed by atoms with Crippen LogP contribution in [0.2, 0.25) is 0 Å². The molecule has 1 aromatic carbocycles. The van der Waals surface area contributed by atoms with E-state index in [9.17, 15) is 20.0 Å². The summed E-state index contributed by atoms with van der Waals surface area (Å²) in [5.41, 5.74) is -0.282. The molecule has 0 amide bonds. The van der Waals surface area contributed by atoms with Crippen molar-refractivity contribution in [3.8, 4) is 5.75 Å². The minimum atomic E-state index is -1.11. The van der Waals surface area contributed by atoms with E-state index in [-0.39, 0.29) is 22.6 Å². The van der Waals surface area contributed by atoms with Gasteiger partial charge in [-0.2, -0.15) is 0 Å². The van der Waals surface area contributed by atoms with Crippen molar-refractivity contribution in [2.45, 2.75) is 13.0 Å². The molecule has 0 bridgehead atoms. The van der Waals surface area contributed by atoms with Gasteiger partial charge in [0, 0.05) is 6.07 Å². The first-order valence-corrected chi connectivity index (χ1v) is 5.05. The Bertz CT molecular complexity index is 483. The molecule has 98 valence electrons. The predicted octanol–water partition coefficient (Wildman–Crippen LogP) is 1.44. The lowest BCUT2D eigenvalue weighted by Gasteiger charge is -2.11. The molecule has 1 N–H and O–H groups in total. The van der Waals surface area contributed by atoms with Gasteiger partial charge in [0.05, 0.1) is 36.4 Å². The summed E-state index contributed by atoms with van der Waals surface area (Å²) in [6.45, 7) is 1.36. The molecule has 18 heavy (non-hydrogen) atoms. The molecular weight excluding hydrogens is 242 g/mol. The van der Waals surface area contributed by atoms with Crippen LogP contribution in [0.25, 0.3) is 0 Å². The van der Waals surface area contributed by atoms with Gasteiger partial charge in [-0.25, -0.2) is 4.79 Å². The van der Waals surface area contributed by atoms with E-state index in [0.29, 0.717) is 0 Å². The van der Waals surface area contributed by atoms with Crippen molar-refractivity contribution in [1.82, 2.24) is 0 Å². The number of nitro groups is 1. The van der Waals surface area contributed by atoms with Crippen molar-refractivity contribution in [2.75, 3.05) is 14.2 Å². The largest absolute Gasteiger partial charge is 0.490 e. The topological polar surface area (TPSA) is 98.9 Å². The average Bonchev–Trinajstić information content (AvgIpc) is 2.35. The van der Waals surface area contributed by atoms with Gasteiger partial charge in [-0.05, 0) is 13.0 Å². The molecule has 0 saturated carbocycles. The van der Waals surface area contributed by atoms with Crippen LogP contribution in [0.4, 0.5) is 5.69 Å². The van der Waals surface area contributed by atoms with Crippen LogP contribution in [-0.4, -0.2) is 30.2 Å². The number of esters is 1. The molecule has 7 heteroatoms. The summed E-state index contributed by atoms with van der Waals surface area (Å²) in [4.78, 5) is 21.7. The fourth-order valence-corrected chi connectivity index (χ4v) is 1.53. The second-order valence-corrected chi connectivity index (χ2v) is 3.54. The van der Waals surface area contributed by atoms with Crippen molar-refractivity contribution in [1.29, 1.82) is 0 Å². The highest BCUT2D eigenvalue weighted by molar-refractivity contribution is 5.91. The normalized spacial score (nSPS) is 11.8. The third-order valence-electron chi connectivity index (χ3n) is 2.38. The molecule has 0 saturated heterocycles. The van der Waals surface area contributed by atoms with Crippen molar-refractivity contribution >= 4 is 11.7 Å². The second-order valence-electron chi connectivity index (χ2n) is 3.54. The number of nitrogens with zero attached hydrogens (tertiary/aromatic N) is 1. The lowest BCUT2D eigenvalue weighted by Crippen LogP contribution is -2.07. The number of carbonyl (C=O) groups excluding carboxylic acids is 1. The summed E-state index contributed by atoms with van der Waals surface area (Å²) < 4.78 is 9.40. The molecule has 0 aromatic heterocycles. The van der Waals surface area contributed by atoms with Gasteiger partial charge in [0.1, 0.15) is 0 Å². The molecule has 0 aliphatic carbocycles. The first kappa shape index (κ1) is 13.9. The predicted molar refractivity (Wildman–Crippen MR) is 61.6 cm³/mol. The molecular formula is C11H13NO6. The maximum Gasteiger partial charge on any atom is 0.338 e. The number of aliphatic hydroxyl groups excluding tert-OH is 1. The average molecular weight is 255 g/mol. The molecule has 1 unspecified atom stereocenters. The first-order valence-electron chi connectivity index (χ1n) is 5.05. The van der Waals surface area contributed by atoms with Crippen LogP contribution in [0, 0.1) is 10.1 Å². The molecule has 0 aliphatic rings. The van der Waals surface area contributed by atoms with E-state index < -0.39 is 17.0 Å². The molecule has 1 aromatic rings. The van der Waals surface area contributed by atoms with E-state index in [4.69, 9.17) is 4.74 Å². The summed E-state index contributed by atoms with van der Waals surface area (Å²) in [6.07, 6.45) is -1.11. The van der Waals surface area contributed by atoms with Crippen LogP contribution >= 0.6 is 0 Å². The SMILES string of the molecule is COC(=O)c1cc(OC)c([N+](=O)[O-])c(C(C)O)c1. The third-order valence-corrected chi connectivity index (χ3v) is 2.38. The van der Waals surface area contributed by atoms with E-state index in [1.807, 2.05) is 0 Å². The molecule has 7 nitrogen and oxygen atoms in total. The zero-order valence-corrected chi connectivity index (χ0v) is 10.2. The van der Waals surface area contributed by atoms with Crippen LogP contribution in [-0.2, 0) is 4.74 Å². The molecule has 0 radical (unpaired) electrons. The monoisotopic (exact) mass is 255 g/mol. The summed E-state index contributed by atoms with van der Waals surface area (Å²) in [6, 6.07) is 2.42. The quantitative estimate of drug-likeness (QED) is 0.496. The number of hydrogen-bond donors (Lipinski definition) is 1. The van der Waals surface area contributed by atoms with Crippen LogP contribution in [0.15, 0.2) is 12.1 Å². The number of carbonyl (C=O) groups is 1. The maximum absolute atomic E-state index is 11.4. The van der Waals surface area contributed by atoms with Gasteiger partial charge in [-0.15, -0.1) is 0 Å². The maximum atomic E-state index is 11.4. The Hall–Kier alpha value is -2.15. The standard InChI is InChI=1S/C11H13NO6/c1-6(13)8-4-7(11(14)18-3)5-9(17-2)10(8)12(15)16/h4-6,13H,1-3H3. The van der Waals surface area contributed by atoms with Crippen LogP contribution in [0.5, 0.6) is 5.75 Å².